The van der Waals surface area contributed by atoms with Gasteiger partial charge in [-0.3, -0.25) is 0 Å². The van der Waals surface area contributed by atoms with Gasteiger partial charge >= 0.3 is 6.03 Å². The van der Waals surface area contributed by atoms with Crippen LogP contribution in [0, 0.1) is 0 Å². The van der Waals surface area contributed by atoms with E-state index < -0.39 is 0 Å². The average molecular weight is 263 g/mol. The molecule has 1 aromatic rings. The molecule has 1 fully saturated rings. The van der Waals surface area contributed by atoms with Gasteiger partial charge in [0.25, 0.3) is 0 Å². The van der Waals surface area contributed by atoms with Crippen molar-refractivity contribution in [3.8, 4) is 5.75 Å². The van der Waals surface area contributed by atoms with Crippen molar-refractivity contribution >= 4 is 17.4 Å². The van der Waals surface area contributed by atoms with Crippen LogP contribution < -0.4 is 10.1 Å². The van der Waals surface area contributed by atoms with E-state index in [2.05, 4.69) is 10.5 Å². The first kappa shape index (κ1) is 13.2. The summed E-state index contributed by atoms with van der Waals surface area (Å²) in [6, 6.07) is 7.11. The molecule has 0 aromatic heterocycles. The monoisotopic (exact) mass is 263 g/mol. The Labute approximate surface area is 111 Å². The minimum atomic E-state index is -0.165. The van der Waals surface area contributed by atoms with Crippen molar-refractivity contribution < 1.29 is 14.7 Å². The smallest absolute Gasteiger partial charge is 0.321 e. The van der Waals surface area contributed by atoms with Gasteiger partial charge in [-0.2, -0.15) is 0 Å². The third-order valence-corrected chi connectivity index (χ3v) is 3.12. The van der Waals surface area contributed by atoms with Crippen LogP contribution in [0.3, 0.4) is 0 Å². The molecular formula is C13H17N3O3. The number of amides is 2. The van der Waals surface area contributed by atoms with Gasteiger partial charge in [0, 0.05) is 25.9 Å². The number of anilines is 1. The Kier molecular flexibility index (Phi) is 4.22. The molecule has 1 saturated heterocycles. The molecule has 1 heterocycles. The van der Waals surface area contributed by atoms with Gasteiger partial charge in [0.2, 0.25) is 0 Å². The van der Waals surface area contributed by atoms with Crippen molar-refractivity contribution in [3.05, 3.63) is 24.3 Å². The number of hydrogen-bond donors (Lipinski definition) is 2. The van der Waals surface area contributed by atoms with Gasteiger partial charge in [-0.05, 0) is 12.1 Å². The topological polar surface area (TPSA) is 74.2 Å². The Morgan fingerprint density at radius 1 is 1.37 bits per heavy atom. The molecule has 1 aliphatic heterocycles. The average Bonchev–Trinajstić information content (AvgIpc) is 2.48. The second-order valence-corrected chi connectivity index (χ2v) is 4.28. The van der Waals surface area contributed by atoms with Crippen LogP contribution in [0.1, 0.15) is 12.8 Å². The molecule has 2 N–H and O–H groups in total. The Bertz CT molecular complexity index is 478. The van der Waals surface area contributed by atoms with E-state index in [0.717, 1.165) is 5.71 Å². The van der Waals surface area contributed by atoms with E-state index in [1.807, 2.05) is 12.1 Å². The maximum Gasteiger partial charge on any atom is 0.321 e. The first-order chi connectivity index (χ1) is 9.24. The van der Waals surface area contributed by atoms with Crippen LogP contribution in [0.5, 0.6) is 5.75 Å². The highest BCUT2D eigenvalue weighted by Gasteiger charge is 2.20. The van der Waals surface area contributed by atoms with Crippen molar-refractivity contribution in [2.24, 2.45) is 5.16 Å². The highest BCUT2D eigenvalue weighted by Crippen LogP contribution is 2.23. The molecule has 1 aliphatic rings. The Hall–Kier alpha value is -2.24. The lowest BCUT2D eigenvalue weighted by Crippen LogP contribution is -2.41. The maximum atomic E-state index is 12.1. The van der Waals surface area contributed by atoms with E-state index in [1.54, 1.807) is 24.1 Å². The minimum absolute atomic E-state index is 0.165. The van der Waals surface area contributed by atoms with Crippen LogP contribution in [-0.2, 0) is 0 Å². The fourth-order valence-electron chi connectivity index (χ4n) is 2.01. The standard InChI is InChI=1S/C13H17N3O3/c1-19-12-5-3-2-4-11(12)14-13(17)16-8-6-10(15-18)7-9-16/h2-5,18H,6-9H2,1H3,(H,14,17). The number of benzene rings is 1. The fraction of sp³-hybridized carbons (Fsp3) is 0.385. The highest BCUT2D eigenvalue weighted by atomic mass is 16.5. The lowest BCUT2D eigenvalue weighted by molar-refractivity contribution is 0.210. The van der Waals surface area contributed by atoms with E-state index >= 15 is 0 Å². The van der Waals surface area contributed by atoms with E-state index in [0.29, 0.717) is 37.4 Å². The molecule has 0 bridgehead atoms. The first-order valence-electron chi connectivity index (χ1n) is 6.13. The fourth-order valence-corrected chi connectivity index (χ4v) is 2.01. The lowest BCUT2D eigenvalue weighted by atomic mass is 10.1. The van der Waals surface area contributed by atoms with Gasteiger partial charge in [0.1, 0.15) is 5.75 Å². The Morgan fingerprint density at radius 2 is 2.05 bits per heavy atom. The summed E-state index contributed by atoms with van der Waals surface area (Å²) in [5.41, 5.74) is 1.39. The summed E-state index contributed by atoms with van der Waals surface area (Å²) in [6.45, 7) is 1.11. The number of carbonyl (C=O) groups is 1. The number of ether oxygens (including phenoxy) is 1. The predicted octanol–water partition coefficient (Wildman–Crippen LogP) is 2.15. The highest BCUT2D eigenvalue weighted by molar-refractivity contribution is 5.93. The molecule has 0 saturated carbocycles. The molecule has 6 nitrogen and oxygen atoms in total. The second-order valence-electron chi connectivity index (χ2n) is 4.28. The number of piperidine rings is 1. The second kappa shape index (κ2) is 6.08. The minimum Gasteiger partial charge on any atom is -0.495 e. The molecule has 0 aliphatic carbocycles. The Morgan fingerprint density at radius 3 is 2.68 bits per heavy atom. The molecule has 19 heavy (non-hydrogen) atoms. The zero-order chi connectivity index (χ0) is 13.7. The van der Waals surface area contributed by atoms with Gasteiger partial charge in [0.15, 0.2) is 0 Å². The number of nitrogens with one attached hydrogen (secondary N) is 1. The molecule has 6 heteroatoms. The van der Waals surface area contributed by atoms with Crippen LogP contribution in [-0.4, -0.2) is 42.0 Å². The summed E-state index contributed by atoms with van der Waals surface area (Å²) in [5.74, 6) is 0.630. The summed E-state index contributed by atoms with van der Waals surface area (Å²) < 4.78 is 5.18. The lowest BCUT2D eigenvalue weighted by Gasteiger charge is -2.27. The predicted molar refractivity (Wildman–Crippen MR) is 72.0 cm³/mol. The van der Waals surface area contributed by atoms with Crippen LogP contribution >= 0.6 is 0 Å². The van der Waals surface area contributed by atoms with Crippen LogP contribution in [0.4, 0.5) is 10.5 Å². The number of urea groups is 1. The normalized spacial score (nSPS) is 15.0. The van der Waals surface area contributed by atoms with Crippen LogP contribution in [0.15, 0.2) is 29.4 Å². The van der Waals surface area contributed by atoms with E-state index in [1.165, 1.54) is 0 Å². The van der Waals surface area contributed by atoms with Gasteiger partial charge < -0.3 is 20.2 Å². The molecule has 2 rings (SSSR count). The molecule has 1 aromatic carbocycles. The molecule has 0 radical (unpaired) electrons. The third kappa shape index (κ3) is 3.15. The Balaban J connectivity index is 1.98. The van der Waals surface area contributed by atoms with Crippen molar-refractivity contribution in [1.29, 1.82) is 0 Å². The molecule has 102 valence electrons. The molecule has 0 atom stereocenters. The number of methoxy groups -OCH3 is 1. The van der Waals surface area contributed by atoms with Crippen molar-refractivity contribution in [2.75, 3.05) is 25.5 Å². The maximum absolute atomic E-state index is 12.1. The number of hydrogen-bond acceptors (Lipinski definition) is 4. The van der Waals surface area contributed by atoms with Crippen molar-refractivity contribution in [2.45, 2.75) is 12.8 Å². The van der Waals surface area contributed by atoms with Crippen molar-refractivity contribution in [3.63, 3.8) is 0 Å². The van der Waals surface area contributed by atoms with Crippen LogP contribution in [0.25, 0.3) is 0 Å². The van der Waals surface area contributed by atoms with E-state index in [4.69, 9.17) is 9.94 Å². The summed E-state index contributed by atoms with van der Waals surface area (Å²) >= 11 is 0. The van der Waals surface area contributed by atoms with Crippen LogP contribution in [0.2, 0.25) is 0 Å². The van der Waals surface area contributed by atoms with E-state index in [-0.39, 0.29) is 6.03 Å². The van der Waals surface area contributed by atoms with Gasteiger partial charge in [-0.25, -0.2) is 4.79 Å². The zero-order valence-corrected chi connectivity index (χ0v) is 10.8. The number of rotatable bonds is 2. The largest absolute Gasteiger partial charge is 0.495 e. The number of likely N-dealkylation sites (tertiary alicyclic amines) is 1. The van der Waals surface area contributed by atoms with Gasteiger partial charge in [0.05, 0.1) is 18.5 Å². The molecule has 2 amide bonds. The SMILES string of the molecule is COc1ccccc1NC(=O)N1CCC(=NO)CC1. The summed E-state index contributed by atoms with van der Waals surface area (Å²) in [7, 11) is 1.57. The van der Waals surface area contributed by atoms with Gasteiger partial charge in [-0.1, -0.05) is 17.3 Å². The number of para-hydroxylation sites is 2. The van der Waals surface area contributed by atoms with Gasteiger partial charge in [-0.15, -0.1) is 0 Å². The quantitative estimate of drug-likeness (QED) is 0.634. The molecule has 0 spiro atoms. The zero-order valence-electron chi connectivity index (χ0n) is 10.8. The molecule has 0 unspecified atom stereocenters. The summed E-state index contributed by atoms with van der Waals surface area (Å²) in [4.78, 5) is 13.8. The third-order valence-electron chi connectivity index (χ3n) is 3.12. The molecular weight excluding hydrogens is 246 g/mol. The summed E-state index contributed by atoms with van der Waals surface area (Å²) in [5, 5.41) is 14.7. The first-order valence-corrected chi connectivity index (χ1v) is 6.13. The summed E-state index contributed by atoms with van der Waals surface area (Å²) in [6.07, 6.45) is 1.21. The number of carbonyl (C=O) groups excluding carboxylic acids is 1. The number of oxime groups is 1. The van der Waals surface area contributed by atoms with Crippen molar-refractivity contribution in [1.82, 2.24) is 4.90 Å². The number of nitrogens with zero attached hydrogens (tertiary/aromatic N) is 2. The van der Waals surface area contributed by atoms with E-state index in [9.17, 15) is 4.79 Å².